The van der Waals surface area contributed by atoms with E-state index in [1.165, 1.54) is 0 Å². The average Bonchev–Trinajstić information content (AvgIpc) is 1.84. The number of nitrogens with two attached hydrogens (primary N) is 1. The molecule has 1 amide bonds. The van der Waals surface area contributed by atoms with E-state index in [1.54, 1.807) is 13.8 Å². The summed E-state index contributed by atoms with van der Waals surface area (Å²) >= 11 is 2.25. The molecule has 0 aliphatic carbocycles. The minimum atomic E-state index is -0.639. The van der Waals surface area contributed by atoms with Gasteiger partial charge in [0.15, 0.2) is 0 Å². The molecule has 0 radical (unpaired) electrons. The van der Waals surface area contributed by atoms with Crippen molar-refractivity contribution in [1.82, 2.24) is 0 Å². The molecule has 0 aromatic heterocycles. The van der Waals surface area contributed by atoms with Gasteiger partial charge in [-0.1, -0.05) is 0 Å². The van der Waals surface area contributed by atoms with E-state index in [0.717, 1.165) is 4.35 Å². The number of nitrogens with zero attached hydrogens (tertiary/aromatic N) is 1. The van der Waals surface area contributed by atoms with Gasteiger partial charge in [-0.25, -0.2) is 0 Å². The molecule has 0 heterocycles. The van der Waals surface area contributed by atoms with Crippen molar-refractivity contribution < 1.29 is 21.8 Å². The molecule has 3 nitrogen and oxygen atoms in total. The van der Waals surface area contributed by atoms with E-state index in [4.69, 9.17) is 12.3 Å². The van der Waals surface area contributed by atoms with Crippen LogP contribution in [0.4, 0.5) is 0 Å². The van der Waals surface area contributed by atoms with Crippen LogP contribution in [0.25, 0.3) is 0 Å². The fourth-order valence-corrected chi connectivity index (χ4v) is 0.715. The maximum atomic E-state index is 10.5. The van der Waals surface area contributed by atoms with Crippen LogP contribution in [0.3, 0.4) is 0 Å². The molecular weight excluding hydrogens is 179 g/mol. The zero-order valence-corrected chi connectivity index (χ0v) is 7.85. The van der Waals surface area contributed by atoms with Gasteiger partial charge in [0.05, 0.1) is 0 Å². The zero-order valence-electron chi connectivity index (χ0n) is 6.46. The minimum absolute atomic E-state index is 0.00963. The van der Waals surface area contributed by atoms with Crippen LogP contribution in [-0.4, -0.2) is 16.0 Å². The quantitative estimate of drug-likeness (QED) is 0.378. The Hall–Kier alpha value is -0.666. The first kappa shape index (κ1) is 10.3. The molecule has 0 rings (SSSR count). The fraction of sp³-hybridized carbons (Fsp3) is 0.286. The third-order valence-corrected chi connectivity index (χ3v) is 1.14. The summed E-state index contributed by atoms with van der Waals surface area (Å²) in [6, 6.07) is 0. The van der Waals surface area contributed by atoms with Gasteiger partial charge in [0.25, 0.3) is 0 Å². The predicted octanol–water partition coefficient (Wildman–Crippen LogP) is -0.0114. The Morgan fingerprint density at radius 1 is 1.55 bits per heavy atom. The van der Waals surface area contributed by atoms with Gasteiger partial charge >= 0.3 is 74.5 Å². The number of aliphatic imine (C=N–C) groups is 1. The molecule has 11 heavy (non-hydrogen) atoms. The van der Waals surface area contributed by atoms with Crippen molar-refractivity contribution in [1.29, 1.82) is 0 Å². The first-order chi connectivity index (χ1) is 4.95. The summed E-state index contributed by atoms with van der Waals surface area (Å²) in [6.07, 6.45) is 0. The molecule has 0 bridgehead atoms. The molecule has 0 aromatic rings. The third-order valence-electron chi connectivity index (χ3n) is 0.985. The molecule has 0 fully saturated rings. The molecule has 0 saturated carbocycles. The number of hydrogen-bond donors (Lipinski definition) is 1. The first-order valence-electron chi connectivity index (χ1n) is 2.95. The van der Waals surface area contributed by atoms with Gasteiger partial charge < -0.3 is 0 Å². The zero-order chi connectivity index (χ0) is 9.02. The monoisotopic (exact) mass is 188 g/mol. The van der Waals surface area contributed by atoms with Crippen molar-refractivity contribution in [3.05, 3.63) is 12.2 Å². The van der Waals surface area contributed by atoms with Crippen LogP contribution < -0.4 is 5.73 Å². The maximum absolute atomic E-state index is 10.5. The fourth-order valence-electron chi connectivity index (χ4n) is 0.481. The molecule has 0 aliphatic rings. The average molecular weight is 188 g/mol. The number of rotatable bonds is 3. The van der Waals surface area contributed by atoms with Crippen molar-refractivity contribution in [2.24, 2.45) is 10.7 Å². The van der Waals surface area contributed by atoms with E-state index in [9.17, 15) is 4.79 Å². The first-order valence-corrected chi connectivity index (χ1v) is 3.65. The third kappa shape index (κ3) is 3.91. The van der Waals surface area contributed by atoms with Crippen molar-refractivity contribution in [3.8, 4) is 0 Å². The molecule has 2 N–H and O–H groups in total. The summed E-state index contributed by atoms with van der Waals surface area (Å²) in [5.74, 6) is -0.639. The Kier molecular flexibility index (Phi) is 4.00. The molecule has 59 valence electrons. The summed E-state index contributed by atoms with van der Waals surface area (Å²) in [5, 5.41) is 0. The Labute approximate surface area is 74.9 Å². The normalized spacial score (nSPS) is 10.8. The Morgan fingerprint density at radius 2 is 2.00 bits per heavy atom. The van der Waals surface area contributed by atoms with Crippen molar-refractivity contribution in [3.63, 3.8) is 0 Å². The molecule has 0 aromatic carbocycles. The van der Waals surface area contributed by atoms with Crippen LogP contribution in [0, 0.1) is 6.58 Å². The van der Waals surface area contributed by atoms with Gasteiger partial charge in [-0.2, -0.15) is 0 Å². The molecule has 4 heteroatoms. The van der Waals surface area contributed by atoms with Crippen molar-refractivity contribution in [2.75, 3.05) is 0 Å². The van der Waals surface area contributed by atoms with Gasteiger partial charge in [0.1, 0.15) is 0 Å². The van der Waals surface area contributed by atoms with Crippen LogP contribution in [0.15, 0.2) is 10.6 Å². The predicted molar refractivity (Wildman–Crippen MR) is 40.8 cm³/mol. The van der Waals surface area contributed by atoms with E-state index in [-0.39, 0.29) is 5.57 Å². The number of primary amides is 1. The second-order valence-corrected chi connectivity index (χ2v) is 3.03. The van der Waals surface area contributed by atoms with Crippen molar-refractivity contribution >= 4 is 16.0 Å². The SMILES string of the molecule is [CH-]=C(C(N)=O)C(C)=N[C](C)=[V]. The van der Waals surface area contributed by atoms with Gasteiger partial charge in [-0.3, -0.25) is 0 Å². The van der Waals surface area contributed by atoms with E-state index in [2.05, 4.69) is 22.0 Å². The van der Waals surface area contributed by atoms with Gasteiger partial charge in [0, 0.05) is 0 Å². The van der Waals surface area contributed by atoms with Gasteiger partial charge in [0.2, 0.25) is 0 Å². The molecule has 0 unspecified atom stereocenters. The van der Waals surface area contributed by atoms with Crippen molar-refractivity contribution in [2.45, 2.75) is 13.8 Å². The summed E-state index contributed by atoms with van der Waals surface area (Å²) in [7, 11) is 0. The summed E-state index contributed by atoms with van der Waals surface area (Å²) in [6.45, 7) is 8.72. The summed E-state index contributed by atoms with van der Waals surface area (Å²) in [5.41, 5.74) is 5.38. The number of amides is 1. The number of carbonyl (C=O) groups excluding carboxylic acids is 1. The van der Waals surface area contributed by atoms with Crippen LogP contribution in [0.1, 0.15) is 13.8 Å². The second-order valence-electron chi connectivity index (χ2n) is 2.02. The standard InChI is InChI=1S/C7H9N2O.V/c1-4-9-6(3)5(2)7(8)10;/h2H,1,3H3,(H2,8,10);/q-1;. The van der Waals surface area contributed by atoms with Gasteiger partial charge in [-0.05, 0) is 0 Å². The second kappa shape index (κ2) is 4.26. The Bertz CT molecular complexity index is 243. The van der Waals surface area contributed by atoms with Crippen LogP contribution in [0.5, 0.6) is 0 Å². The van der Waals surface area contributed by atoms with Gasteiger partial charge in [-0.15, -0.1) is 0 Å². The summed E-state index contributed by atoms with van der Waals surface area (Å²) < 4.78 is 0.777. The van der Waals surface area contributed by atoms with E-state index in [1.807, 2.05) is 0 Å². The van der Waals surface area contributed by atoms with Crippen LogP contribution in [-0.2, 0) is 21.8 Å². The molecular formula is C7H9N2OV-. The Balaban J connectivity index is 4.49. The van der Waals surface area contributed by atoms with Crippen LogP contribution in [0.2, 0.25) is 0 Å². The van der Waals surface area contributed by atoms with E-state index >= 15 is 0 Å². The van der Waals surface area contributed by atoms with E-state index in [0.29, 0.717) is 5.71 Å². The van der Waals surface area contributed by atoms with Crippen LogP contribution >= 0.6 is 0 Å². The molecule has 0 spiro atoms. The topological polar surface area (TPSA) is 55.5 Å². The number of carbonyl (C=O) groups is 1. The number of hydrogen-bond acceptors (Lipinski definition) is 2. The molecule has 0 atom stereocenters. The van der Waals surface area contributed by atoms with E-state index < -0.39 is 5.91 Å². The molecule has 0 saturated heterocycles. The molecule has 0 aliphatic heterocycles. The summed E-state index contributed by atoms with van der Waals surface area (Å²) in [4.78, 5) is 14.4. The Morgan fingerprint density at radius 3 is 2.27 bits per heavy atom.